The van der Waals surface area contributed by atoms with Gasteiger partial charge in [-0.1, -0.05) is 6.92 Å². The first kappa shape index (κ1) is 17.0. The summed E-state index contributed by atoms with van der Waals surface area (Å²) in [6, 6.07) is 0. The Kier molecular flexibility index (Phi) is 8.53. The van der Waals surface area contributed by atoms with E-state index < -0.39 is 12.6 Å². The zero-order valence-corrected chi connectivity index (χ0v) is 11.3. The molecular weight excluding hydrogens is 245 g/mol. The summed E-state index contributed by atoms with van der Waals surface area (Å²) < 4.78 is 35.9. The van der Waals surface area contributed by atoms with E-state index in [9.17, 15) is 13.2 Å². The molecule has 0 atom stereocenters. The molecule has 7 heteroatoms. The number of hydrogen-bond donors (Lipinski definition) is 2. The molecule has 0 aliphatic rings. The van der Waals surface area contributed by atoms with E-state index in [4.69, 9.17) is 0 Å². The Hall–Kier alpha value is -0.980. The van der Waals surface area contributed by atoms with Gasteiger partial charge in [0.25, 0.3) is 0 Å². The maximum Gasteiger partial charge on any atom is 0.390 e. The fourth-order valence-electron chi connectivity index (χ4n) is 1.16. The molecule has 0 heterocycles. The Bertz CT molecular complexity index is 241. The number of nitrogens with one attached hydrogen (secondary N) is 2. The Balaban J connectivity index is 4.01. The summed E-state index contributed by atoms with van der Waals surface area (Å²) in [6.07, 6.45) is -5.04. The summed E-state index contributed by atoms with van der Waals surface area (Å²) in [5.74, 6) is 0.436. The van der Waals surface area contributed by atoms with Crippen molar-refractivity contribution >= 4 is 5.96 Å². The van der Waals surface area contributed by atoms with Crippen molar-refractivity contribution in [3.8, 4) is 0 Å². The van der Waals surface area contributed by atoms with Gasteiger partial charge in [0.15, 0.2) is 5.96 Å². The Morgan fingerprint density at radius 1 is 1.22 bits per heavy atom. The molecule has 2 N–H and O–H groups in total. The minimum absolute atomic E-state index is 0.248. The molecule has 0 aromatic heterocycles. The number of hydrogen-bond acceptors (Lipinski definition) is 2. The van der Waals surface area contributed by atoms with Gasteiger partial charge in [0, 0.05) is 19.6 Å². The van der Waals surface area contributed by atoms with E-state index >= 15 is 0 Å². The molecule has 0 unspecified atom stereocenters. The summed E-state index contributed by atoms with van der Waals surface area (Å²) in [6.45, 7) is 6.71. The van der Waals surface area contributed by atoms with Crippen molar-refractivity contribution in [1.82, 2.24) is 15.5 Å². The predicted octanol–water partition coefficient (Wildman–Crippen LogP) is 1.45. The smallest absolute Gasteiger partial charge is 0.357 e. The SMILES string of the molecule is CCNC(=NCCC(F)(F)F)NCCN(C)CC. The van der Waals surface area contributed by atoms with E-state index in [1.807, 2.05) is 20.9 Å². The lowest BCUT2D eigenvalue weighted by molar-refractivity contribution is -0.132. The van der Waals surface area contributed by atoms with E-state index in [0.29, 0.717) is 19.0 Å². The second-order valence-corrected chi connectivity index (χ2v) is 3.95. The number of guanidine groups is 1. The first-order valence-corrected chi connectivity index (χ1v) is 6.16. The van der Waals surface area contributed by atoms with Gasteiger partial charge in [-0.15, -0.1) is 0 Å². The molecule has 0 rings (SSSR count). The molecule has 0 amide bonds. The molecule has 0 fully saturated rings. The third-order valence-electron chi connectivity index (χ3n) is 2.34. The average Bonchev–Trinajstić information content (AvgIpc) is 2.27. The number of halogens is 3. The molecule has 0 spiro atoms. The van der Waals surface area contributed by atoms with Crippen molar-refractivity contribution in [1.29, 1.82) is 0 Å². The van der Waals surface area contributed by atoms with Crippen LogP contribution >= 0.6 is 0 Å². The minimum Gasteiger partial charge on any atom is -0.357 e. The lowest BCUT2D eigenvalue weighted by Crippen LogP contribution is -2.41. The van der Waals surface area contributed by atoms with Gasteiger partial charge in [-0.25, -0.2) is 0 Å². The quantitative estimate of drug-likeness (QED) is 0.542. The van der Waals surface area contributed by atoms with Gasteiger partial charge in [0.05, 0.1) is 13.0 Å². The van der Waals surface area contributed by atoms with Crippen molar-refractivity contribution in [3.05, 3.63) is 0 Å². The van der Waals surface area contributed by atoms with Crippen LogP contribution in [0.25, 0.3) is 0 Å². The van der Waals surface area contributed by atoms with Crippen LogP contribution in [0.2, 0.25) is 0 Å². The van der Waals surface area contributed by atoms with Gasteiger partial charge in [-0.2, -0.15) is 13.2 Å². The predicted molar refractivity (Wildman–Crippen MR) is 67.8 cm³/mol. The highest BCUT2D eigenvalue weighted by molar-refractivity contribution is 5.79. The van der Waals surface area contributed by atoms with Crippen molar-refractivity contribution in [2.45, 2.75) is 26.4 Å². The first-order chi connectivity index (χ1) is 8.39. The molecule has 0 aliphatic heterocycles. The largest absolute Gasteiger partial charge is 0.390 e. The van der Waals surface area contributed by atoms with Crippen molar-refractivity contribution in [2.75, 3.05) is 39.8 Å². The average molecular weight is 268 g/mol. The van der Waals surface area contributed by atoms with Crippen LogP contribution in [-0.2, 0) is 0 Å². The van der Waals surface area contributed by atoms with E-state index in [2.05, 4.69) is 20.5 Å². The molecule has 0 aliphatic carbocycles. The van der Waals surface area contributed by atoms with Crippen molar-refractivity contribution in [3.63, 3.8) is 0 Å². The number of likely N-dealkylation sites (N-methyl/N-ethyl adjacent to an activating group) is 1. The van der Waals surface area contributed by atoms with Crippen molar-refractivity contribution in [2.24, 2.45) is 4.99 Å². The van der Waals surface area contributed by atoms with Gasteiger partial charge >= 0.3 is 6.18 Å². The zero-order valence-electron chi connectivity index (χ0n) is 11.3. The summed E-state index contributed by atoms with van der Waals surface area (Å²) in [5.41, 5.74) is 0. The first-order valence-electron chi connectivity index (χ1n) is 6.16. The molecule has 18 heavy (non-hydrogen) atoms. The molecular formula is C11H23F3N4. The molecule has 0 saturated heterocycles. The highest BCUT2D eigenvalue weighted by Crippen LogP contribution is 2.18. The van der Waals surface area contributed by atoms with Crippen LogP contribution < -0.4 is 10.6 Å². The summed E-state index contributed by atoms with van der Waals surface area (Å²) >= 11 is 0. The monoisotopic (exact) mass is 268 g/mol. The van der Waals surface area contributed by atoms with Crippen molar-refractivity contribution < 1.29 is 13.2 Å². The Morgan fingerprint density at radius 2 is 1.89 bits per heavy atom. The van der Waals surface area contributed by atoms with Gasteiger partial charge < -0.3 is 15.5 Å². The van der Waals surface area contributed by atoms with E-state index in [0.717, 1.165) is 13.1 Å². The molecule has 0 saturated carbocycles. The number of rotatable bonds is 7. The van der Waals surface area contributed by atoms with Gasteiger partial charge in [-0.3, -0.25) is 4.99 Å². The van der Waals surface area contributed by atoms with Gasteiger partial charge in [0.2, 0.25) is 0 Å². The van der Waals surface area contributed by atoms with Crippen LogP contribution in [0.1, 0.15) is 20.3 Å². The van der Waals surface area contributed by atoms with Crippen LogP contribution in [0.4, 0.5) is 13.2 Å². The molecule has 108 valence electrons. The van der Waals surface area contributed by atoms with E-state index in [1.54, 1.807) is 0 Å². The van der Waals surface area contributed by atoms with E-state index in [-0.39, 0.29) is 6.54 Å². The lowest BCUT2D eigenvalue weighted by Gasteiger charge is -2.16. The number of aliphatic imine (C=N–C) groups is 1. The Morgan fingerprint density at radius 3 is 2.39 bits per heavy atom. The summed E-state index contributed by atoms with van der Waals surface area (Å²) in [4.78, 5) is 5.98. The van der Waals surface area contributed by atoms with E-state index in [1.165, 1.54) is 0 Å². The zero-order chi connectivity index (χ0) is 14.0. The van der Waals surface area contributed by atoms with Crippen LogP contribution in [0, 0.1) is 0 Å². The highest BCUT2D eigenvalue weighted by atomic mass is 19.4. The molecule has 4 nitrogen and oxygen atoms in total. The Labute approximate surface area is 107 Å². The van der Waals surface area contributed by atoms with Crippen LogP contribution in [-0.4, -0.2) is 56.8 Å². The standard InChI is InChI=1S/C11H23F3N4/c1-4-15-10(16-7-6-11(12,13)14)17-8-9-18(3)5-2/h4-9H2,1-3H3,(H2,15,16,17). The summed E-state index contributed by atoms with van der Waals surface area (Å²) in [5, 5.41) is 5.92. The van der Waals surface area contributed by atoms with Crippen LogP contribution in [0.3, 0.4) is 0 Å². The topological polar surface area (TPSA) is 39.7 Å². The minimum atomic E-state index is -4.15. The van der Waals surface area contributed by atoms with Crippen LogP contribution in [0.15, 0.2) is 4.99 Å². The lowest BCUT2D eigenvalue weighted by atomic mass is 10.4. The third kappa shape index (κ3) is 10.2. The normalized spacial score (nSPS) is 12.9. The van der Waals surface area contributed by atoms with Crippen LogP contribution in [0.5, 0.6) is 0 Å². The molecule has 0 aromatic rings. The third-order valence-corrected chi connectivity index (χ3v) is 2.34. The number of nitrogens with zero attached hydrogens (tertiary/aromatic N) is 2. The second kappa shape index (κ2) is 9.02. The highest BCUT2D eigenvalue weighted by Gasteiger charge is 2.26. The van der Waals surface area contributed by atoms with Gasteiger partial charge in [-0.05, 0) is 20.5 Å². The molecule has 0 radical (unpaired) electrons. The summed E-state index contributed by atoms with van der Waals surface area (Å²) in [7, 11) is 1.98. The molecule has 0 bridgehead atoms. The van der Waals surface area contributed by atoms with Gasteiger partial charge in [0.1, 0.15) is 0 Å². The second-order valence-electron chi connectivity index (χ2n) is 3.95. The molecule has 0 aromatic carbocycles. The number of alkyl halides is 3. The maximum absolute atomic E-state index is 12.0. The maximum atomic E-state index is 12.0. The fourth-order valence-corrected chi connectivity index (χ4v) is 1.16. The fraction of sp³-hybridized carbons (Fsp3) is 0.909.